The molecule has 2 aromatic rings. The van der Waals surface area contributed by atoms with Crippen LogP contribution < -0.4 is 16.0 Å². The molecule has 0 fully saturated rings. The third-order valence-corrected chi connectivity index (χ3v) is 3.21. The van der Waals surface area contributed by atoms with Crippen LogP contribution in [-0.4, -0.2) is 19.0 Å². The minimum Gasteiger partial charge on any atom is -0.341 e. The molecular weight excluding hydrogens is 278 g/mol. The van der Waals surface area contributed by atoms with Crippen LogP contribution in [-0.2, 0) is 11.3 Å². The summed E-state index contributed by atoms with van der Waals surface area (Å²) in [6.07, 6.45) is 0. The van der Waals surface area contributed by atoms with Crippen molar-refractivity contribution in [3.05, 3.63) is 71.8 Å². The van der Waals surface area contributed by atoms with E-state index < -0.39 is 12.1 Å². The first kappa shape index (κ1) is 15.7. The van der Waals surface area contributed by atoms with Gasteiger partial charge in [0.05, 0.1) is 0 Å². The summed E-state index contributed by atoms with van der Waals surface area (Å²) in [5.41, 5.74) is 1.87. The van der Waals surface area contributed by atoms with E-state index in [0.29, 0.717) is 6.54 Å². The first-order valence-electron chi connectivity index (χ1n) is 7.05. The first-order chi connectivity index (χ1) is 10.7. The number of hydrogen-bond donors (Lipinski definition) is 3. The lowest BCUT2D eigenvalue weighted by Gasteiger charge is -2.18. The molecule has 0 saturated heterocycles. The molecule has 1 unspecified atom stereocenters. The van der Waals surface area contributed by atoms with Crippen LogP contribution in [0, 0.1) is 0 Å². The molecule has 0 radical (unpaired) electrons. The Morgan fingerprint density at radius 3 is 2.14 bits per heavy atom. The van der Waals surface area contributed by atoms with Gasteiger partial charge in [-0.1, -0.05) is 60.7 Å². The number of carbonyl (C=O) groups excluding carboxylic acids is 2. The molecule has 3 N–H and O–H groups in total. The second-order valence-electron chi connectivity index (χ2n) is 4.78. The highest BCUT2D eigenvalue weighted by Gasteiger charge is 2.21. The largest absolute Gasteiger partial charge is 0.341 e. The molecule has 2 rings (SSSR count). The van der Waals surface area contributed by atoms with E-state index >= 15 is 0 Å². The van der Waals surface area contributed by atoms with E-state index in [9.17, 15) is 9.59 Å². The van der Waals surface area contributed by atoms with Gasteiger partial charge < -0.3 is 5.32 Å². The highest BCUT2D eigenvalue weighted by Crippen LogP contribution is 2.14. The van der Waals surface area contributed by atoms with E-state index in [2.05, 4.69) is 16.0 Å². The van der Waals surface area contributed by atoms with Crippen LogP contribution in [0.4, 0.5) is 4.79 Å². The van der Waals surface area contributed by atoms with Crippen LogP contribution in [0.15, 0.2) is 60.7 Å². The Morgan fingerprint density at radius 1 is 0.955 bits per heavy atom. The monoisotopic (exact) mass is 297 g/mol. The topological polar surface area (TPSA) is 70.2 Å². The highest BCUT2D eigenvalue weighted by atomic mass is 16.2. The zero-order chi connectivity index (χ0) is 15.8. The summed E-state index contributed by atoms with van der Waals surface area (Å²) in [5, 5.41) is 7.88. The van der Waals surface area contributed by atoms with E-state index in [1.165, 1.54) is 7.05 Å². The molecule has 2 aromatic carbocycles. The average molecular weight is 297 g/mol. The summed E-state index contributed by atoms with van der Waals surface area (Å²) < 4.78 is 0. The fraction of sp³-hybridized carbons (Fsp3) is 0.176. The number of imide groups is 1. The lowest BCUT2D eigenvalue weighted by Crippen LogP contribution is -2.43. The summed E-state index contributed by atoms with van der Waals surface area (Å²) in [5.74, 6) is -0.388. The van der Waals surface area contributed by atoms with Gasteiger partial charge in [0, 0.05) is 13.6 Å². The van der Waals surface area contributed by atoms with E-state index in [0.717, 1.165) is 11.1 Å². The Bertz CT molecular complexity index is 614. The Hall–Kier alpha value is -2.66. The summed E-state index contributed by atoms with van der Waals surface area (Å²) >= 11 is 0. The van der Waals surface area contributed by atoms with Gasteiger partial charge in [0.25, 0.3) is 0 Å². The number of amides is 3. The second-order valence-corrected chi connectivity index (χ2v) is 4.78. The van der Waals surface area contributed by atoms with Crippen LogP contribution in [0.3, 0.4) is 0 Å². The molecule has 5 heteroatoms. The minimum absolute atomic E-state index is 0.388. The van der Waals surface area contributed by atoms with Gasteiger partial charge in [-0.05, 0) is 11.1 Å². The predicted octanol–water partition coefficient (Wildman–Crippen LogP) is 1.97. The highest BCUT2D eigenvalue weighted by molar-refractivity contribution is 5.97. The third-order valence-electron chi connectivity index (χ3n) is 3.21. The van der Waals surface area contributed by atoms with Gasteiger partial charge in [0.15, 0.2) is 0 Å². The molecule has 0 aliphatic rings. The van der Waals surface area contributed by atoms with Crippen molar-refractivity contribution in [3.63, 3.8) is 0 Å². The molecule has 0 aliphatic carbocycles. The van der Waals surface area contributed by atoms with Crippen molar-refractivity contribution in [3.8, 4) is 0 Å². The van der Waals surface area contributed by atoms with E-state index in [4.69, 9.17) is 0 Å². The summed E-state index contributed by atoms with van der Waals surface area (Å²) in [4.78, 5) is 23.7. The van der Waals surface area contributed by atoms with Crippen molar-refractivity contribution in [1.82, 2.24) is 16.0 Å². The van der Waals surface area contributed by atoms with Gasteiger partial charge >= 0.3 is 6.03 Å². The molecular formula is C17H19N3O2. The molecule has 0 saturated carbocycles. The first-order valence-corrected chi connectivity index (χ1v) is 7.05. The van der Waals surface area contributed by atoms with Crippen LogP contribution >= 0.6 is 0 Å². The molecule has 0 bridgehead atoms. The van der Waals surface area contributed by atoms with E-state index in [-0.39, 0.29) is 5.91 Å². The Labute approximate surface area is 129 Å². The van der Waals surface area contributed by atoms with Gasteiger partial charge in [-0.3, -0.25) is 15.4 Å². The van der Waals surface area contributed by atoms with Crippen LogP contribution in [0.2, 0.25) is 0 Å². The predicted molar refractivity (Wildman–Crippen MR) is 85.1 cm³/mol. The molecule has 1 atom stereocenters. The molecule has 3 amide bonds. The van der Waals surface area contributed by atoms with Crippen LogP contribution in [0.5, 0.6) is 0 Å². The lowest BCUT2D eigenvalue weighted by molar-refractivity contribution is -0.122. The Balaban J connectivity index is 2.11. The smallest absolute Gasteiger partial charge is 0.321 e. The molecule has 0 aliphatic heterocycles. The molecule has 114 valence electrons. The number of rotatable bonds is 5. The van der Waals surface area contributed by atoms with Crippen LogP contribution in [0.1, 0.15) is 17.2 Å². The fourth-order valence-corrected chi connectivity index (χ4v) is 2.07. The van der Waals surface area contributed by atoms with Crippen molar-refractivity contribution in [2.45, 2.75) is 12.6 Å². The third kappa shape index (κ3) is 4.43. The van der Waals surface area contributed by atoms with Crippen molar-refractivity contribution in [2.24, 2.45) is 0 Å². The van der Waals surface area contributed by atoms with Gasteiger partial charge in [0.2, 0.25) is 5.91 Å². The molecule has 0 aromatic heterocycles. The number of urea groups is 1. The standard InChI is InChI=1S/C17H19N3O2/c1-18-17(22)20-16(21)15(14-10-6-3-7-11-14)19-12-13-8-4-2-5-9-13/h2-11,15,19H,12H2,1H3,(H2,18,20,21,22). The summed E-state index contributed by atoms with van der Waals surface area (Å²) in [6, 6.07) is 18.0. The SMILES string of the molecule is CNC(=O)NC(=O)C(NCc1ccccc1)c1ccccc1. The van der Waals surface area contributed by atoms with Gasteiger partial charge in [-0.2, -0.15) is 0 Å². The van der Waals surface area contributed by atoms with Crippen molar-refractivity contribution < 1.29 is 9.59 Å². The number of hydrogen-bond acceptors (Lipinski definition) is 3. The number of nitrogens with one attached hydrogen (secondary N) is 3. The zero-order valence-electron chi connectivity index (χ0n) is 12.4. The van der Waals surface area contributed by atoms with Crippen molar-refractivity contribution in [2.75, 3.05) is 7.05 Å². The Morgan fingerprint density at radius 2 is 1.55 bits per heavy atom. The van der Waals surface area contributed by atoms with Gasteiger partial charge in [0.1, 0.15) is 6.04 Å². The summed E-state index contributed by atoms with van der Waals surface area (Å²) in [7, 11) is 1.47. The average Bonchev–Trinajstić information content (AvgIpc) is 2.57. The lowest BCUT2D eigenvalue weighted by atomic mass is 10.1. The molecule has 0 heterocycles. The van der Waals surface area contributed by atoms with Crippen molar-refractivity contribution in [1.29, 1.82) is 0 Å². The minimum atomic E-state index is -0.598. The molecule has 0 spiro atoms. The zero-order valence-corrected chi connectivity index (χ0v) is 12.4. The maximum absolute atomic E-state index is 12.3. The number of carbonyl (C=O) groups is 2. The number of benzene rings is 2. The normalized spacial score (nSPS) is 11.5. The van der Waals surface area contributed by atoms with Crippen LogP contribution in [0.25, 0.3) is 0 Å². The van der Waals surface area contributed by atoms with E-state index in [1.54, 1.807) is 0 Å². The van der Waals surface area contributed by atoms with Gasteiger partial charge in [-0.25, -0.2) is 4.79 Å². The fourth-order valence-electron chi connectivity index (χ4n) is 2.07. The maximum Gasteiger partial charge on any atom is 0.321 e. The molecule has 5 nitrogen and oxygen atoms in total. The van der Waals surface area contributed by atoms with E-state index in [1.807, 2.05) is 60.7 Å². The summed E-state index contributed by atoms with van der Waals surface area (Å²) in [6.45, 7) is 0.529. The van der Waals surface area contributed by atoms with Crippen molar-refractivity contribution >= 4 is 11.9 Å². The molecule has 22 heavy (non-hydrogen) atoms. The maximum atomic E-state index is 12.3. The van der Waals surface area contributed by atoms with Gasteiger partial charge in [-0.15, -0.1) is 0 Å². The quantitative estimate of drug-likeness (QED) is 0.790. The Kier molecular flexibility index (Phi) is 5.68. The second kappa shape index (κ2) is 7.95.